The fourth-order valence-corrected chi connectivity index (χ4v) is 5.61. The lowest BCUT2D eigenvalue weighted by molar-refractivity contribution is -0.123. The molecule has 0 aromatic heterocycles. The molecule has 0 aliphatic carbocycles. The number of piperidine rings is 1. The van der Waals surface area contributed by atoms with Gasteiger partial charge in [-0.25, -0.2) is 8.42 Å². The first-order valence-corrected chi connectivity index (χ1v) is 11.7. The molecular weight excluding hydrogens is 412 g/mol. The topological polar surface area (TPSA) is 66.9 Å². The lowest BCUT2D eigenvalue weighted by Gasteiger charge is -2.33. The van der Waals surface area contributed by atoms with Crippen molar-refractivity contribution in [2.45, 2.75) is 17.7 Å². The van der Waals surface area contributed by atoms with E-state index in [9.17, 15) is 13.2 Å². The summed E-state index contributed by atoms with van der Waals surface area (Å²) in [4.78, 5) is 15.0. The SMILES string of the molecule is COc1ccc(N(C)C(=O)[C@@H]2CCCN(S(=O)(=O)c3ccc4ccccc4c3)C2)cc1. The van der Waals surface area contributed by atoms with Crippen LogP contribution in [0.3, 0.4) is 0 Å². The van der Waals surface area contributed by atoms with Crippen LogP contribution in [0.5, 0.6) is 5.75 Å². The van der Waals surface area contributed by atoms with Crippen LogP contribution in [0.2, 0.25) is 0 Å². The highest BCUT2D eigenvalue weighted by Gasteiger charge is 2.34. The Morgan fingerprint density at radius 1 is 1.03 bits per heavy atom. The number of hydrogen-bond acceptors (Lipinski definition) is 4. The summed E-state index contributed by atoms with van der Waals surface area (Å²) in [5.74, 6) is 0.259. The van der Waals surface area contributed by atoms with Crippen LogP contribution >= 0.6 is 0 Å². The third-order valence-corrected chi connectivity index (χ3v) is 7.74. The maximum Gasteiger partial charge on any atom is 0.243 e. The van der Waals surface area contributed by atoms with E-state index in [-0.39, 0.29) is 23.3 Å². The van der Waals surface area contributed by atoms with E-state index in [0.717, 1.165) is 22.2 Å². The van der Waals surface area contributed by atoms with E-state index in [1.807, 2.05) is 42.5 Å². The molecule has 0 radical (unpaired) electrons. The van der Waals surface area contributed by atoms with Gasteiger partial charge in [-0.1, -0.05) is 30.3 Å². The van der Waals surface area contributed by atoms with Crippen LogP contribution in [0, 0.1) is 5.92 Å². The Morgan fingerprint density at radius 2 is 1.74 bits per heavy atom. The summed E-state index contributed by atoms with van der Waals surface area (Å²) < 4.78 is 33.2. The van der Waals surface area contributed by atoms with E-state index in [1.165, 1.54) is 4.31 Å². The molecule has 1 fully saturated rings. The molecule has 4 rings (SSSR count). The minimum atomic E-state index is -3.67. The number of anilines is 1. The molecule has 3 aromatic carbocycles. The summed E-state index contributed by atoms with van der Waals surface area (Å²) in [6.45, 7) is 0.611. The Morgan fingerprint density at radius 3 is 2.45 bits per heavy atom. The average molecular weight is 439 g/mol. The first-order chi connectivity index (χ1) is 14.9. The summed E-state index contributed by atoms with van der Waals surface area (Å²) in [5, 5.41) is 1.88. The van der Waals surface area contributed by atoms with Gasteiger partial charge in [-0.15, -0.1) is 0 Å². The number of benzene rings is 3. The zero-order valence-corrected chi connectivity index (χ0v) is 18.5. The molecular formula is C24H26N2O4S. The van der Waals surface area contributed by atoms with E-state index in [0.29, 0.717) is 19.4 Å². The molecule has 1 heterocycles. The number of nitrogens with zero attached hydrogens (tertiary/aromatic N) is 2. The predicted octanol–water partition coefficient (Wildman–Crippen LogP) is 3.91. The zero-order valence-electron chi connectivity index (χ0n) is 17.7. The van der Waals surface area contributed by atoms with Gasteiger partial charge in [0, 0.05) is 25.8 Å². The molecule has 0 spiro atoms. The molecule has 31 heavy (non-hydrogen) atoms. The van der Waals surface area contributed by atoms with Gasteiger partial charge in [-0.2, -0.15) is 4.31 Å². The van der Waals surface area contributed by atoms with Gasteiger partial charge < -0.3 is 9.64 Å². The van der Waals surface area contributed by atoms with Crippen LogP contribution < -0.4 is 9.64 Å². The normalized spacial score (nSPS) is 17.4. The number of ether oxygens (including phenoxy) is 1. The van der Waals surface area contributed by atoms with Crippen molar-refractivity contribution in [2.75, 3.05) is 32.1 Å². The first-order valence-electron chi connectivity index (χ1n) is 10.3. The van der Waals surface area contributed by atoms with Gasteiger partial charge >= 0.3 is 0 Å². The molecule has 6 nitrogen and oxygen atoms in total. The smallest absolute Gasteiger partial charge is 0.243 e. The van der Waals surface area contributed by atoms with Gasteiger partial charge in [0.15, 0.2) is 0 Å². The second-order valence-electron chi connectivity index (χ2n) is 7.81. The number of sulfonamides is 1. The van der Waals surface area contributed by atoms with Crippen molar-refractivity contribution in [2.24, 2.45) is 5.92 Å². The van der Waals surface area contributed by atoms with Crippen molar-refractivity contribution in [3.05, 3.63) is 66.7 Å². The summed E-state index contributed by atoms with van der Waals surface area (Å²) >= 11 is 0. The van der Waals surface area contributed by atoms with Gasteiger partial charge in [-0.05, 0) is 60.0 Å². The molecule has 0 unspecified atom stereocenters. The molecule has 0 N–H and O–H groups in total. The Balaban J connectivity index is 1.53. The van der Waals surface area contributed by atoms with Crippen molar-refractivity contribution >= 4 is 32.4 Å². The zero-order chi connectivity index (χ0) is 22.0. The van der Waals surface area contributed by atoms with E-state index >= 15 is 0 Å². The van der Waals surface area contributed by atoms with Crippen LogP contribution in [0.1, 0.15) is 12.8 Å². The van der Waals surface area contributed by atoms with Gasteiger partial charge in [0.25, 0.3) is 0 Å². The Bertz CT molecular complexity index is 1190. The second-order valence-corrected chi connectivity index (χ2v) is 9.74. The summed E-state index contributed by atoms with van der Waals surface area (Å²) in [6.07, 6.45) is 1.32. The highest BCUT2D eigenvalue weighted by molar-refractivity contribution is 7.89. The number of fused-ring (bicyclic) bond motifs is 1. The maximum atomic E-state index is 13.3. The minimum absolute atomic E-state index is 0.0800. The summed E-state index contributed by atoms with van der Waals surface area (Å²) in [5.41, 5.74) is 0.750. The van der Waals surface area contributed by atoms with Crippen molar-refractivity contribution < 1.29 is 17.9 Å². The van der Waals surface area contributed by atoms with Crippen molar-refractivity contribution in [1.82, 2.24) is 4.31 Å². The monoisotopic (exact) mass is 438 g/mol. The fourth-order valence-electron chi connectivity index (χ4n) is 4.05. The molecule has 7 heteroatoms. The minimum Gasteiger partial charge on any atom is -0.497 e. The van der Waals surface area contributed by atoms with Gasteiger partial charge in [0.2, 0.25) is 15.9 Å². The van der Waals surface area contributed by atoms with Gasteiger partial charge in [0.1, 0.15) is 5.75 Å². The molecule has 1 saturated heterocycles. The molecule has 1 amide bonds. The van der Waals surface area contributed by atoms with Crippen molar-refractivity contribution in [3.63, 3.8) is 0 Å². The standard InChI is InChI=1S/C24H26N2O4S/c1-25(21-10-12-22(30-2)13-11-21)24(27)20-8-5-15-26(17-20)31(28,29)23-14-9-18-6-3-4-7-19(18)16-23/h3-4,6-7,9-14,16,20H,5,8,15,17H2,1-2H3/t20-/m1/s1. The third-order valence-electron chi connectivity index (χ3n) is 5.88. The van der Waals surface area contributed by atoms with Gasteiger partial charge in [0.05, 0.1) is 17.9 Å². The first kappa shape index (κ1) is 21.3. The van der Waals surface area contributed by atoms with E-state index < -0.39 is 10.0 Å². The Hall–Kier alpha value is -2.90. The maximum absolute atomic E-state index is 13.3. The lowest BCUT2D eigenvalue weighted by atomic mass is 9.98. The Kier molecular flexibility index (Phi) is 5.98. The Labute approximate surface area is 183 Å². The summed E-state index contributed by atoms with van der Waals surface area (Å²) in [7, 11) is -0.356. The number of rotatable bonds is 5. The van der Waals surface area contributed by atoms with Crippen molar-refractivity contribution in [1.29, 1.82) is 0 Å². The second kappa shape index (κ2) is 8.69. The highest BCUT2D eigenvalue weighted by atomic mass is 32.2. The molecule has 1 atom stereocenters. The van der Waals surface area contributed by atoms with E-state index in [2.05, 4.69) is 0 Å². The number of hydrogen-bond donors (Lipinski definition) is 0. The van der Waals surface area contributed by atoms with E-state index in [4.69, 9.17) is 4.74 Å². The summed E-state index contributed by atoms with van der Waals surface area (Å²) in [6, 6.07) is 20.1. The quantitative estimate of drug-likeness (QED) is 0.606. The number of amides is 1. The third kappa shape index (κ3) is 4.29. The fraction of sp³-hybridized carbons (Fsp3) is 0.292. The molecule has 1 aliphatic rings. The van der Waals surface area contributed by atoms with Gasteiger partial charge in [-0.3, -0.25) is 4.79 Å². The largest absolute Gasteiger partial charge is 0.497 e. The van der Waals surface area contributed by atoms with E-state index in [1.54, 1.807) is 43.3 Å². The highest BCUT2D eigenvalue weighted by Crippen LogP contribution is 2.28. The van der Waals surface area contributed by atoms with Crippen LogP contribution in [-0.4, -0.2) is 45.9 Å². The van der Waals surface area contributed by atoms with Crippen LogP contribution in [0.4, 0.5) is 5.69 Å². The lowest BCUT2D eigenvalue weighted by Crippen LogP contribution is -2.45. The predicted molar refractivity (Wildman–Crippen MR) is 122 cm³/mol. The molecule has 0 bridgehead atoms. The number of methoxy groups -OCH3 is 1. The van der Waals surface area contributed by atoms with Crippen LogP contribution in [-0.2, 0) is 14.8 Å². The number of carbonyl (C=O) groups excluding carboxylic acids is 1. The number of carbonyl (C=O) groups is 1. The molecule has 3 aromatic rings. The molecule has 0 saturated carbocycles. The molecule has 162 valence electrons. The molecule has 1 aliphatic heterocycles. The van der Waals surface area contributed by atoms with Crippen LogP contribution in [0.25, 0.3) is 10.8 Å². The van der Waals surface area contributed by atoms with Crippen LogP contribution in [0.15, 0.2) is 71.6 Å². The van der Waals surface area contributed by atoms with Crippen molar-refractivity contribution in [3.8, 4) is 5.75 Å². The average Bonchev–Trinajstić information content (AvgIpc) is 2.83.